The van der Waals surface area contributed by atoms with Crippen molar-refractivity contribution >= 4 is 5.82 Å². The number of methoxy groups -OCH3 is 1. The molecular formula is C23H32N4O2. The Balaban J connectivity index is 1.27. The first-order chi connectivity index (χ1) is 14.3. The summed E-state index contributed by atoms with van der Waals surface area (Å²) in [5, 5.41) is 0. The van der Waals surface area contributed by atoms with Crippen LogP contribution in [0.1, 0.15) is 30.4 Å². The molecule has 29 heavy (non-hydrogen) atoms. The van der Waals surface area contributed by atoms with Crippen LogP contribution >= 0.6 is 0 Å². The van der Waals surface area contributed by atoms with Crippen LogP contribution in [0, 0.1) is 5.92 Å². The number of rotatable bonds is 7. The Labute approximate surface area is 173 Å². The van der Waals surface area contributed by atoms with Crippen molar-refractivity contribution in [3.05, 3.63) is 47.8 Å². The fourth-order valence-electron chi connectivity index (χ4n) is 4.45. The van der Waals surface area contributed by atoms with E-state index in [0.717, 1.165) is 70.0 Å². The molecule has 6 heteroatoms. The van der Waals surface area contributed by atoms with Gasteiger partial charge in [-0.05, 0) is 62.4 Å². The van der Waals surface area contributed by atoms with Crippen molar-refractivity contribution in [1.29, 1.82) is 0 Å². The SMILES string of the molecule is COc1ncccc1CN1CCC(CCc2cccnc2N2CCOCC2)CC1. The molecule has 6 nitrogen and oxygen atoms in total. The van der Waals surface area contributed by atoms with Crippen molar-refractivity contribution in [2.45, 2.75) is 32.2 Å². The number of pyridine rings is 2. The number of morpholine rings is 1. The van der Waals surface area contributed by atoms with Gasteiger partial charge in [-0.15, -0.1) is 0 Å². The van der Waals surface area contributed by atoms with Gasteiger partial charge in [-0.25, -0.2) is 9.97 Å². The second-order valence-electron chi connectivity index (χ2n) is 8.02. The van der Waals surface area contributed by atoms with Gasteiger partial charge in [-0.2, -0.15) is 0 Å². The fourth-order valence-corrected chi connectivity index (χ4v) is 4.45. The molecule has 2 aliphatic rings. The zero-order valence-corrected chi connectivity index (χ0v) is 17.4. The first kappa shape index (κ1) is 20.1. The second kappa shape index (κ2) is 10.0. The molecule has 4 heterocycles. The molecule has 0 bridgehead atoms. The van der Waals surface area contributed by atoms with Gasteiger partial charge in [0.05, 0.1) is 20.3 Å². The number of likely N-dealkylation sites (tertiary alicyclic amines) is 1. The third kappa shape index (κ3) is 5.25. The molecule has 0 unspecified atom stereocenters. The molecule has 0 amide bonds. The van der Waals surface area contributed by atoms with Gasteiger partial charge in [0.2, 0.25) is 5.88 Å². The fraction of sp³-hybridized carbons (Fsp3) is 0.565. The number of hydrogen-bond acceptors (Lipinski definition) is 6. The monoisotopic (exact) mass is 396 g/mol. The predicted molar refractivity (Wildman–Crippen MR) is 114 cm³/mol. The number of aromatic nitrogens is 2. The van der Waals surface area contributed by atoms with Crippen molar-refractivity contribution in [2.24, 2.45) is 5.92 Å². The summed E-state index contributed by atoms with van der Waals surface area (Å²) in [4.78, 5) is 13.9. The quantitative estimate of drug-likeness (QED) is 0.717. The summed E-state index contributed by atoms with van der Waals surface area (Å²) in [7, 11) is 1.70. The van der Waals surface area contributed by atoms with E-state index < -0.39 is 0 Å². The highest BCUT2D eigenvalue weighted by Gasteiger charge is 2.22. The molecular weight excluding hydrogens is 364 g/mol. The molecule has 0 aromatic carbocycles. The number of ether oxygens (including phenoxy) is 2. The molecule has 2 saturated heterocycles. The van der Waals surface area contributed by atoms with Crippen LogP contribution in [0.3, 0.4) is 0 Å². The van der Waals surface area contributed by atoms with Crippen LogP contribution in [0.5, 0.6) is 5.88 Å². The van der Waals surface area contributed by atoms with Gasteiger partial charge >= 0.3 is 0 Å². The van der Waals surface area contributed by atoms with E-state index in [1.807, 2.05) is 12.3 Å². The standard InChI is InChI=1S/C23H32N4O2/c1-28-23-21(5-3-11-25-23)18-26-12-8-19(9-13-26)6-7-20-4-2-10-24-22(20)27-14-16-29-17-15-27/h2-5,10-11,19H,6-9,12-18H2,1H3. The van der Waals surface area contributed by atoms with Crippen molar-refractivity contribution in [3.63, 3.8) is 0 Å². The summed E-state index contributed by atoms with van der Waals surface area (Å²) in [6.07, 6.45) is 8.58. The van der Waals surface area contributed by atoms with E-state index in [2.05, 4.69) is 38.0 Å². The zero-order valence-electron chi connectivity index (χ0n) is 17.4. The van der Waals surface area contributed by atoms with E-state index in [1.54, 1.807) is 13.3 Å². The third-order valence-electron chi connectivity index (χ3n) is 6.14. The molecule has 2 aliphatic heterocycles. The Morgan fingerprint density at radius 3 is 2.48 bits per heavy atom. The molecule has 0 atom stereocenters. The summed E-state index contributed by atoms with van der Waals surface area (Å²) in [5.74, 6) is 2.71. The van der Waals surface area contributed by atoms with E-state index >= 15 is 0 Å². The number of anilines is 1. The van der Waals surface area contributed by atoms with Crippen LogP contribution in [0.25, 0.3) is 0 Å². The lowest BCUT2D eigenvalue weighted by molar-refractivity contribution is 0.122. The largest absolute Gasteiger partial charge is 0.481 e. The first-order valence-corrected chi connectivity index (χ1v) is 10.8. The molecule has 2 fully saturated rings. The molecule has 0 spiro atoms. The van der Waals surface area contributed by atoms with E-state index in [4.69, 9.17) is 9.47 Å². The summed E-state index contributed by atoms with van der Waals surface area (Å²) in [5.41, 5.74) is 2.57. The second-order valence-corrected chi connectivity index (χ2v) is 8.02. The van der Waals surface area contributed by atoms with Crippen molar-refractivity contribution in [2.75, 3.05) is 51.4 Å². The minimum absolute atomic E-state index is 0.752. The van der Waals surface area contributed by atoms with Crippen LogP contribution in [-0.4, -0.2) is 61.4 Å². The van der Waals surface area contributed by atoms with Crippen LogP contribution in [0.4, 0.5) is 5.82 Å². The Bertz CT molecular complexity index is 771. The van der Waals surface area contributed by atoms with Crippen molar-refractivity contribution in [1.82, 2.24) is 14.9 Å². The highest BCUT2D eigenvalue weighted by molar-refractivity contribution is 5.47. The minimum atomic E-state index is 0.752. The van der Waals surface area contributed by atoms with Gasteiger partial charge in [0.15, 0.2) is 0 Å². The minimum Gasteiger partial charge on any atom is -0.481 e. The normalized spacial score (nSPS) is 18.7. The lowest BCUT2D eigenvalue weighted by Crippen LogP contribution is -2.37. The molecule has 4 rings (SSSR count). The Morgan fingerprint density at radius 2 is 1.72 bits per heavy atom. The van der Waals surface area contributed by atoms with Gasteiger partial charge in [-0.1, -0.05) is 12.1 Å². The van der Waals surface area contributed by atoms with Gasteiger partial charge in [0.1, 0.15) is 5.82 Å². The van der Waals surface area contributed by atoms with E-state index in [1.165, 1.54) is 30.4 Å². The summed E-state index contributed by atoms with van der Waals surface area (Å²) in [6.45, 7) is 6.71. The Hall–Kier alpha value is -2.18. The Morgan fingerprint density at radius 1 is 1.00 bits per heavy atom. The van der Waals surface area contributed by atoms with E-state index in [0.29, 0.717) is 0 Å². The Kier molecular flexibility index (Phi) is 6.96. The van der Waals surface area contributed by atoms with Crippen LogP contribution in [-0.2, 0) is 17.7 Å². The van der Waals surface area contributed by atoms with Crippen LogP contribution in [0.15, 0.2) is 36.7 Å². The van der Waals surface area contributed by atoms with Gasteiger partial charge < -0.3 is 14.4 Å². The molecule has 2 aromatic rings. The lowest BCUT2D eigenvalue weighted by Gasteiger charge is -2.33. The number of aryl methyl sites for hydroxylation is 1. The highest BCUT2D eigenvalue weighted by atomic mass is 16.5. The third-order valence-corrected chi connectivity index (χ3v) is 6.14. The van der Waals surface area contributed by atoms with E-state index in [-0.39, 0.29) is 0 Å². The topological polar surface area (TPSA) is 50.7 Å². The van der Waals surface area contributed by atoms with Gasteiger partial charge in [-0.3, -0.25) is 4.90 Å². The zero-order chi connectivity index (χ0) is 19.9. The molecule has 0 saturated carbocycles. The molecule has 0 radical (unpaired) electrons. The van der Waals surface area contributed by atoms with Crippen LogP contribution in [0.2, 0.25) is 0 Å². The smallest absolute Gasteiger partial charge is 0.217 e. The average molecular weight is 397 g/mol. The number of piperidine rings is 1. The molecule has 156 valence electrons. The maximum atomic E-state index is 5.50. The summed E-state index contributed by atoms with van der Waals surface area (Å²) < 4.78 is 10.9. The van der Waals surface area contributed by atoms with Gasteiger partial charge in [0, 0.05) is 37.6 Å². The maximum absolute atomic E-state index is 5.50. The van der Waals surface area contributed by atoms with E-state index in [9.17, 15) is 0 Å². The van der Waals surface area contributed by atoms with Crippen LogP contribution < -0.4 is 9.64 Å². The van der Waals surface area contributed by atoms with Crippen molar-refractivity contribution < 1.29 is 9.47 Å². The molecule has 2 aromatic heterocycles. The maximum Gasteiger partial charge on any atom is 0.217 e. The number of hydrogen-bond donors (Lipinski definition) is 0. The first-order valence-electron chi connectivity index (χ1n) is 10.8. The molecule has 0 aliphatic carbocycles. The summed E-state index contributed by atoms with van der Waals surface area (Å²) >= 11 is 0. The molecule has 0 N–H and O–H groups in total. The lowest BCUT2D eigenvalue weighted by atomic mass is 9.90. The number of nitrogens with zero attached hydrogens (tertiary/aromatic N) is 4. The van der Waals surface area contributed by atoms with Crippen molar-refractivity contribution in [3.8, 4) is 5.88 Å². The van der Waals surface area contributed by atoms with Gasteiger partial charge in [0.25, 0.3) is 0 Å². The average Bonchev–Trinajstić information content (AvgIpc) is 2.80. The summed E-state index contributed by atoms with van der Waals surface area (Å²) in [6, 6.07) is 8.43. The highest BCUT2D eigenvalue weighted by Crippen LogP contribution is 2.27. The predicted octanol–water partition coefficient (Wildman–Crippen LogP) is 3.17.